The molecule has 1 fully saturated rings. The minimum atomic E-state index is -0.894. The van der Waals surface area contributed by atoms with Crippen LogP contribution in [0.3, 0.4) is 0 Å². The molecule has 7 nitrogen and oxygen atoms in total. The van der Waals surface area contributed by atoms with Crippen LogP contribution in [-0.2, 0) is 0 Å². The molecule has 26 heavy (non-hydrogen) atoms. The number of nitrogens with zero attached hydrogens (tertiary/aromatic N) is 5. The average Bonchev–Trinajstić information content (AvgIpc) is 3.06. The normalized spacial score (nSPS) is 15.6. The van der Waals surface area contributed by atoms with Gasteiger partial charge in [0, 0.05) is 4.88 Å². The number of imidazole rings is 1. The molecular weight excluding hydrogens is 374 g/mol. The van der Waals surface area contributed by atoms with E-state index in [1.807, 2.05) is 10.6 Å². The molecule has 1 saturated carbocycles. The van der Waals surface area contributed by atoms with Crippen LogP contribution in [0.15, 0.2) is 36.9 Å². The van der Waals surface area contributed by atoms with Gasteiger partial charge in [-0.15, -0.1) is 16.4 Å². The van der Waals surface area contributed by atoms with Crippen LogP contribution < -0.4 is 0 Å². The van der Waals surface area contributed by atoms with Gasteiger partial charge in [-0.25, -0.2) is 9.67 Å². The van der Waals surface area contributed by atoms with Gasteiger partial charge in [0.25, 0.3) is 0 Å². The van der Waals surface area contributed by atoms with E-state index in [1.54, 1.807) is 36.0 Å². The molecule has 1 atom stereocenters. The third kappa shape index (κ3) is 2.49. The second-order valence-electron chi connectivity index (χ2n) is 6.35. The first-order valence-corrected chi connectivity index (χ1v) is 9.35. The number of hydrogen-bond donors (Lipinski definition) is 2. The fourth-order valence-corrected chi connectivity index (χ4v) is 4.51. The number of aliphatic hydroxyl groups excluding tert-OH is 1. The SMILES string of the molecule is Oc1ccc(-n2cc(C(O)c3c(C4CC4)sc4cncn34)nn2)cc1Cl. The molecule has 4 aromatic rings. The topological polar surface area (TPSA) is 88.5 Å². The monoisotopic (exact) mass is 387 g/mol. The van der Waals surface area contributed by atoms with Crippen molar-refractivity contribution in [3.8, 4) is 11.4 Å². The Bertz CT molecular complexity index is 1110. The lowest BCUT2D eigenvalue weighted by atomic mass is 10.1. The Balaban J connectivity index is 1.55. The molecule has 1 unspecified atom stereocenters. The maximum atomic E-state index is 11.0. The van der Waals surface area contributed by atoms with Crippen molar-refractivity contribution in [1.29, 1.82) is 0 Å². The van der Waals surface area contributed by atoms with Gasteiger partial charge >= 0.3 is 0 Å². The Hall–Kier alpha value is -2.42. The van der Waals surface area contributed by atoms with Gasteiger partial charge in [0.05, 0.1) is 28.8 Å². The Morgan fingerprint density at radius 1 is 1.31 bits per heavy atom. The first kappa shape index (κ1) is 15.8. The molecule has 3 heterocycles. The largest absolute Gasteiger partial charge is 0.506 e. The first-order valence-electron chi connectivity index (χ1n) is 8.15. The highest BCUT2D eigenvalue weighted by Crippen LogP contribution is 2.47. The number of phenolic OH excluding ortho intramolecular Hbond substituents is 1. The Kier molecular flexibility index (Phi) is 3.53. The smallest absolute Gasteiger partial charge is 0.141 e. The van der Waals surface area contributed by atoms with E-state index in [0.717, 1.165) is 23.4 Å². The summed E-state index contributed by atoms with van der Waals surface area (Å²) in [5, 5.41) is 29.0. The zero-order valence-corrected chi connectivity index (χ0v) is 15.0. The van der Waals surface area contributed by atoms with Crippen molar-refractivity contribution in [2.24, 2.45) is 0 Å². The number of aromatic nitrogens is 5. The predicted octanol–water partition coefficient (Wildman–Crippen LogP) is 3.29. The van der Waals surface area contributed by atoms with Crippen molar-refractivity contribution in [3.05, 3.63) is 58.2 Å². The first-order chi connectivity index (χ1) is 12.6. The number of aliphatic hydroxyl groups is 1. The molecular formula is C17H14ClN5O2S. The van der Waals surface area contributed by atoms with Crippen LogP contribution in [0.1, 0.15) is 41.1 Å². The van der Waals surface area contributed by atoms with E-state index in [2.05, 4.69) is 15.3 Å². The van der Waals surface area contributed by atoms with Crippen molar-refractivity contribution >= 4 is 27.8 Å². The number of fused-ring (bicyclic) bond motifs is 1. The second kappa shape index (κ2) is 5.80. The minimum absolute atomic E-state index is 0.00522. The highest BCUT2D eigenvalue weighted by Gasteiger charge is 2.33. The van der Waals surface area contributed by atoms with Gasteiger partial charge < -0.3 is 10.2 Å². The summed E-state index contributed by atoms with van der Waals surface area (Å²) < 4.78 is 3.46. The molecule has 1 aliphatic carbocycles. The van der Waals surface area contributed by atoms with E-state index in [-0.39, 0.29) is 10.8 Å². The lowest BCUT2D eigenvalue weighted by Gasteiger charge is -2.09. The molecule has 0 aliphatic heterocycles. The molecule has 0 saturated heterocycles. The third-order valence-corrected chi connectivity index (χ3v) is 6.10. The maximum absolute atomic E-state index is 11.0. The van der Waals surface area contributed by atoms with Crippen molar-refractivity contribution in [1.82, 2.24) is 24.4 Å². The molecule has 5 rings (SSSR count). The van der Waals surface area contributed by atoms with Crippen LogP contribution in [0.25, 0.3) is 10.5 Å². The highest BCUT2D eigenvalue weighted by molar-refractivity contribution is 7.17. The molecule has 0 bridgehead atoms. The Morgan fingerprint density at radius 3 is 2.92 bits per heavy atom. The summed E-state index contributed by atoms with van der Waals surface area (Å²) in [6, 6.07) is 4.77. The van der Waals surface area contributed by atoms with E-state index in [9.17, 15) is 10.2 Å². The molecule has 0 radical (unpaired) electrons. The maximum Gasteiger partial charge on any atom is 0.141 e. The van der Waals surface area contributed by atoms with E-state index in [1.165, 1.54) is 15.6 Å². The number of phenols is 1. The van der Waals surface area contributed by atoms with Crippen LogP contribution in [0.4, 0.5) is 0 Å². The van der Waals surface area contributed by atoms with Crippen molar-refractivity contribution in [2.45, 2.75) is 24.9 Å². The summed E-state index contributed by atoms with van der Waals surface area (Å²) in [5.41, 5.74) is 1.92. The van der Waals surface area contributed by atoms with Crippen molar-refractivity contribution < 1.29 is 10.2 Å². The minimum Gasteiger partial charge on any atom is -0.506 e. The molecule has 0 spiro atoms. The number of thiazole rings is 1. The van der Waals surface area contributed by atoms with E-state index in [4.69, 9.17) is 11.6 Å². The second-order valence-corrected chi connectivity index (χ2v) is 7.82. The molecule has 1 aromatic carbocycles. The number of hydrogen-bond acceptors (Lipinski definition) is 6. The van der Waals surface area contributed by atoms with Gasteiger partial charge in [0.15, 0.2) is 0 Å². The van der Waals surface area contributed by atoms with Gasteiger partial charge in [-0.2, -0.15) is 0 Å². The summed E-state index contributed by atoms with van der Waals surface area (Å²) in [6.45, 7) is 0. The molecule has 0 amide bonds. The quantitative estimate of drug-likeness (QED) is 0.561. The van der Waals surface area contributed by atoms with Gasteiger partial charge in [-0.05, 0) is 37.0 Å². The summed E-state index contributed by atoms with van der Waals surface area (Å²) in [5.74, 6) is 0.515. The summed E-state index contributed by atoms with van der Waals surface area (Å²) in [7, 11) is 0. The number of halogens is 1. The number of aromatic hydroxyl groups is 1. The third-order valence-electron chi connectivity index (χ3n) is 4.53. The zero-order valence-electron chi connectivity index (χ0n) is 13.4. The molecule has 3 aromatic heterocycles. The standard InChI is InChI=1S/C17H14ClN5O2S/c18-11-5-10(3-4-13(11)24)23-7-12(20-21-23)16(25)15-17(9-1-2-9)26-14-6-19-8-22(14)15/h3-9,16,24-25H,1-2H2. The van der Waals surface area contributed by atoms with Crippen LogP contribution in [0.2, 0.25) is 5.02 Å². The van der Waals surface area contributed by atoms with Crippen LogP contribution >= 0.6 is 22.9 Å². The highest BCUT2D eigenvalue weighted by atomic mass is 35.5. The molecule has 132 valence electrons. The van der Waals surface area contributed by atoms with Crippen LogP contribution in [0.5, 0.6) is 5.75 Å². The predicted molar refractivity (Wildman–Crippen MR) is 97.1 cm³/mol. The van der Waals surface area contributed by atoms with Crippen molar-refractivity contribution in [3.63, 3.8) is 0 Å². The molecule has 9 heteroatoms. The lowest BCUT2D eigenvalue weighted by Crippen LogP contribution is -2.06. The lowest BCUT2D eigenvalue weighted by molar-refractivity contribution is 0.208. The zero-order chi connectivity index (χ0) is 17.8. The molecule has 2 N–H and O–H groups in total. The summed E-state index contributed by atoms with van der Waals surface area (Å²) in [4.78, 5) is 6.38. The van der Waals surface area contributed by atoms with Crippen LogP contribution in [0, 0.1) is 0 Å². The molecule has 1 aliphatic rings. The summed E-state index contributed by atoms with van der Waals surface area (Å²) >= 11 is 7.63. The van der Waals surface area contributed by atoms with E-state index < -0.39 is 6.10 Å². The van der Waals surface area contributed by atoms with Crippen LogP contribution in [-0.4, -0.2) is 34.6 Å². The Labute approximate surface area is 157 Å². The Morgan fingerprint density at radius 2 is 2.15 bits per heavy atom. The van der Waals surface area contributed by atoms with E-state index >= 15 is 0 Å². The van der Waals surface area contributed by atoms with Crippen molar-refractivity contribution in [2.75, 3.05) is 0 Å². The fraction of sp³-hybridized carbons (Fsp3) is 0.235. The average molecular weight is 388 g/mol. The summed E-state index contributed by atoms with van der Waals surface area (Å²) in [6.07, 6.45) is 6.60. The number of rotatable bonds is 4. The van der Waals surface area contributed by atoms with Gasteiger partial charge in [0.1, 0.15) is 28.7 Å². The van der Waals surface area contributed by atoms with Gasteiger partial charge in [-0.3, -0.25) is 4.40 Å². The van der Waals surface area contributed by atoms with Gasteiger partial charge in [0.2, 0.25) is 0 Å². The number of benzene rings is 1. The van der Waals surface area contributed by atoms with E-state index in [0.29, 0.717) is 17.3 Å². The fourth-order valence-electron chi connectivity index (χ4n) is 3.03. The van der Waals surface area contributed by atoms with Gasteiger partial charge in [-0.1, -0.05) is 16.8 Å².